The molecular weight excluding hydrogens is 499 g/mol. The Morgan fingerprint density at radius 3 is 2.26 bits per heavy atom. The smallest absolute Gasteiger partial charge is 0.491 e. The van der Waals surface area contributed by atoms with Crippen LogP contribution in [0.5, 0.6) is 17.2 Å². The Balaban J connectivity index is 1.66. The molecule has 194 valence electrons. The lowest BCUT2D eigenvalue weighted by Gasteiger charge is -2.14. The molecule has 0 bridgehead atoms. The van der Waals surface area contributed by atoms with Crippen molar-refractivity contribution in [2.24, 2.45) is 0 Å². The zero-order chi connectivity index (χ0) is 27.0. The van der Waals surface area contributed by atoms with Crippen molar-refractivity contribution in [3.8, 4) is 28.5 Å². The first-order valence-corrected chi connectivity index (χ1v) is 11.6. The Labute approximate surface area is 215 Å². The molecule has 2 aromatic heterocycles. The number of aromatic nitrogens is 3. The number of hydrogen-bond acceptors (Lipinski definition) is 6. The molecule has 0 saturated carbocycles. The number of aryl methyl sites for hydroxylation is 1. The summed E-state index contributed by atoms with van der Waals surface area (Å²) in [6.45, 7) is 2.03. The lowest BCUT2D eigenvalue weighted by atomic mass is 9.98. The lowest BCUT2D eigenvalue weighted by Crippen LogP contribution is -2.27. The molecule has 0 atom stereocenters. The molecule has 1 N–H and O–H groups in total. The van der Waals surface area contributed by atoms with E-state index in [0.29, 0.717) is 34.8 Å². The molecular formula is C28H22F3N3O4. The number of pyridine rings is 1. The third kappa shape index (κ3) is 4.72. The minimum atomic E-state index is -5.09. The van der Waals surface area contributed by atoms with Crippen LogP contribution in [-0.4, -0.2) is 41.5 Å². The standard InChI is InChI=1S/C28H22F3N3O4/c1-15-5-4-6-16(11-15)12-21-24-19-13-22(36-2)23(37-3)14-20(19)25(32-26(24)34-33-21)17-7-9-18(10-8-17)38-27(35)28(29,30)31/h4-11,13-14H,12H2,1-3H3,(H,32,33,34). The number of nitrogens with zero attached hydrogens (tertiary/aromatic N) is 2. The molecule has 7 nitrogen and oxygen atoms in total. The van der Waals surface area contributed by atoms with Crippen LogP contribution < -0.4 is 14.2 Å². The Morgan fingerprint density at radius 1 is 0.947 bits per heavy atom. The Bertz CT molecular complexity index is 1660. The second kappa shape index (κ2) is 9.70. The summed E-state index contributed by atoms with van der Waals surface area (Å²) in [6, 6.07) is 17.5. The van der Waals surface area contributed by atoms with Crippen LogP contribution in [0.15, 0.2) is 60.7 Å². The van der Waals surface area contributed by atoms with Gasteiger partial charge in [-0.2, -0.15) is 18.3 Å². The number of fused-ring (bicyclic) bond motifs is 3. The van der Waals surface area contributed by atoms with Gasteiger partial charge in [-0.05, 0) is 48.9 Å². The number of methoxy groups -OCH3 is 2. The fourth-order valence-corrected chi connectivity index (χ4v) is 4.40. The van der Waals surface area contributed by atoms with Crippen LogP contribution in [0.4, 0.5) is 13.2 Å². The zero-order valence-electron chi connectivity index (χ0n) is 20.6. The number of carbonyl (C=O) groups excluding carboxylic acids is 1. The van der Waals surface area contributed by atoms with E-state index in [2.05, 4.69) is 21.0 Å². The lowest BCUT2D eigenvalue weighted by molar-refractivity contribution is -0.189. The molecule has 0 fully saturated rings. The fraction of sp³-hybridized carbons (Fsp3) is 0.179. The van der Waals surface area contributed by atoms with Crippen molar-refractivity contribution >= 4 is 27.8 Å². The van der Waals surface area contributed by atoms with E-state index in [0.717, 1.165) is 33.0 Å². The monoisotopic (exact) mass is 521 g/mol. The van der Waals surface area contributed by atoms with Crippen LogP contribution in [0.2, 0.25) is 0 Å². The van der Waals surface area contributed by atoms with E-state index in [-0.39, 0.29) is 5.75 Å². The third-order valence-corrected chi connectivity index (χ3v) is 6.12. The Morgan fingerprint density at radius 2 is 1.63 bits per heavy atom. The van der Waals surface area contributed by atoms with Crippen molar-refractivity contribution in [2.75, 3.05) is 14.2 Å². The molecule has 38 heavy (non-hydrogen) atoms. The maximum Gasteiger partial charge on any atom is 0.491 e. The molecule has 0 aliphatic carbocycles. The molecule has 0 spiro atoms. The van der Waals surface area contributed by atoms with Gasteiger partial charge in [0.2, 0.25) is 0 Å². The van der Waals surface area contributed by atoms with Crippen LogP contribution >= 0.6 is 0 Å². The van der Waals surface area contributed by atoms with Crippen molar-refractivity contribution in [3.63, 3.8) is 0 Å². The van der Waals surface area contributed by atoms with Crippen LogP contribution in [0, 0.1) is 6.92 Å². The largest absolute Gasteiger partial charge is 0.493 e. The molecule has 0 radical (unpaired) electrons. The summed E-state index contributed by atoms with van der Waals surface area (Å²) in [5, 5.41) is 9.92. The van der Waals surface area contributed by atoms with Gasteiger partial charge < -0.3 is 14.2 Å². The average Bonchev–Trinajstić information content (AvgIpc) is 3.29. The molecule has 2 heterocycles. The molecule has 0 aliphatic rings. The number of aromatic amines is 1. The van der Waals surface area contributed by atoms with E-state index in [9.17, 15) is 18.0 Å². The number of H-pyrrole nitrogens is 1. The van der Waals surface area contributed by atoms with Gasteiger partial charge in [-0.3, -0.25) is 5.10 Å². The van der Waals surface area contributed by atoms with Crippen LogP contribution in [0.3, 0.4) is 0 Å². The number of carbonyl (C=O) groups is 1. The number of ether oxygens (including phenoxy) is 3. The Kier molecular flexibility index (Phi) is 6.40. The summed E-state index contributed by atoms with van der Waals surface area (Å²) >= 11 is 0. The van der Waals surface area contributed by atoms with Gasteiger partial charge in [0.15, 0.2) is 17.1 Å². The highest BCUT2D eigenvalue weighted by atomic mass is 19.4. The third-order valence-electron chi connectivity index (χ3n) is 6.12. The van der Waals surface area contributed by atoms with Gasteiger partial charge in [0, 0.05) is 22.8 Å². The second-order valence-electron chi connectivity index (χ2n) is 8.68. The van der Waals surface area contributed by atoms with Crippen LogP contribution in [0.1, 0.15) is 16.8 Å². The van der Waals surface area contributed by atoms with Crippen LogP contribution in [-0.2, 0) is 11.2 Å². The summed E-state index contributed by atoms with van der Waals surface area (Å²) in [6.07, 6.45) is -4.51. The second-order valence-corrected chi connectivity index (χ2v) is 8.68. The predicted molar refractivity (Wildman–Crippen MR) is 136 cm³/mol. The van der Waals surface area contributed by atoms with E-state index in [1.54, 1.807) is 13.2 Å². The van der Waals surface area contributed by atoms with Gasteiger partial charge in [-0.1, -0.05) is 29.8 Å². The first kappa shape index (κ1) is 25.1. The number of alkyl halides is 3. The number of halogens is 3. The average molecular weight is 521 g/mol. The van der Waals surface area contributed by atoms with Gasteiger partial charge in [-0.15, -0.1) is 0 Å². The van der Waals surface area contributed by atoms with E-state index in [1.807, 2.05) is 31.2 Å². The molecule has 0 saturated heterocycles. The van der Waals surface area contributed by atoms with Gasteiger partial charge in [-0.25, -0.2) is 9.78 Å². The van der Waals surface area contributed by atoms with E-state index >= 15 is 0 Å². The highest BCUT2D eigenvalue weighted by Gasteiger charge is 2.41. The van der Waals surface area contributed by atoms with Gasteiger partial charge in [0.05, 0.1) is 31.0 Å². The topological polar surface area (TPSA) is 86.3 Å². The van der Waals surface area contributed by atoms with E-state index in [4.69, 9.17) is 14.5 Å². The molecule has 10 heteroatoms. The summed E-state index contributed by atoms with van der Waals surface area (Å²) in [7, 11) is 3.08. The fourth-order valence-electron chi connectivity index (χ4n) is 4.40. The zero-order valence-corrected chi connectivity index (χ0v) is 20.6. The van der Waals surface area contributed by atoms with E-state index in [1.165, 1.54) is 31.4 Å². The van der Waals surface area contributed by atoms with Crippen molar-refractivity contribution < 1.29 is 32.2 Å². The molecule has 5 rings (SSSR count). The Hall–Kier alpha value is -4.60. The predicted octanol–water partition coefficient (Wildman–Crippen LogP) is 6.16. The van der Waals surface area contributed by atoms with Gasteiger partial charge in [0.1, 0.15) is 5.75 Å². The highest BCUT2D eigenvalue weighted by Crippen LogP contribution is 2.40. The van der Waals surface area contributed by atoms with Gasteiger partial charge >= 0.3 is 12.1 Å². The summed E-state index contributed by atoms with van der Waals surface area (Å²) in [4.78, 5) is 16.0. The van der Waals surface area contributed by atoms with Crippen molar-refractivity contribution in [3.05, 3.63) is 77.5 Å². The highest BCUT2D eigenvalue weighted by molar-refractivity contribution is 6.12. The molecule has 0 unspecified atom stereocenters. The van der Waals surface area contributed by atoms with Gasteiger partial charge in [0.25, 0.3) is 0 Å². The number of nitrogens with one attached hydrogen (secondary N) is 1. The van der Waals surface area contributed by atoms with E-state index < -0.39 is 12.1 Å². The van der Waals surface area contributed by atoms with Crippen LogP contribution in [0.25, 0.3) is 33.1 Å². The summed E-state index contributed by atoms with van der Waals surface area (Å²) in [5.74, 6) is -1.51. The molecule has 5 aromatic rings. The minimum Gasteiger partial charge on any atom is -0.493 e. The molecule has 0 amide bonds. The maximum absolute atomic E-state index is 12.6. The van der Waals surface area contributed by atoms with Crippen molar-refractivity contribution in [1.82, 2.24) is 15.2 Å². The number of esters is 1. The quantitative estimate of drug-likeness (QED) is 0.213. The first-order chi connectivity index (χ1) is 18.2. The number of benzene rings is 3. The SMILES string of the molecule is COc1cc2c(-c3ccc(OC(=O)C(F)(F)F)cc3)nc3[nH]nc(Cc4cccc(C)c4)c3c2cc1OC. The normalized spacial score (nSPS) is 11.6. The summed E-state index contributed by atoms with van der Waals surface area (Å²) < 4.78 is 53.2. The first-order valence-electron chi connectivity index (χ1n) is 11.6. The summed E-state index contributed by atoms with van der Waals surface area (Å²) in [5.41, 5.74) is 4.70. The number of hydrogen-bond donors (Lipinski definition) is 1. The van der Waals surface area contributed by atoms with Crippen molar-refractivity contribution in [1.29, 1.82) is 0 Å². The maximum atomic E-state index is 12.6. The molecule has 3 aromatic carbocycles. The molecule has 0 aliphatic heterocycles. The number of rotatable bonds is 6. The minimum absolute atomic E-state index is 0.234. The van der Waals surface area contributed by atoms with Crippen molar-refractivity contribution in [2.45, 2.75) is 19.5 Å².